The van der Waals surface area contributed by atoms with Crippen LogP contribution in [0, 0.1) is 10.8 Å². The topological polar surface area (TPSA) is 88.2 Å². The van der Waals surface area contributed by atoms with E-state index in [9.17, 15) is 10.2 Å². The highest BCUT2D eigenvalue weighted by Crippen LogP contribution is 2.42. The van der Waals surface area contributed by atoms with Crippen LogP contribution in [0.1, 0.15) is 24.0 Å². The Morgan fingerprint density at radius 2 is 1.17 bits per heavy atom. The maximum atomic E-state index is 10.3. The lowest BCUT2D eigenvalue weighted by Gasteiger charge is -2.21. The van der Waals surface area contributed by atoms with Crippen LogP contribution in [-0.4, -0.2) is 21.6 Å². The highest BCUT2D eigenvalue weighted by Gasteiger charge is 2.27. The predicted octanol–water partition coefficient (Wildman–Crippen LogP) is 2.78. The molecular weight excluding hydrogens is 228 g/mol. The summed E-state index contributed by atoms with van der Waals surface area (Å²) in [5.74, 6) is -0.0132. The summed E-state index contributed by atoms with van der Waals surface area (Å²) in [4.78, 5) is 0. The molecule has 2 aromatic carbocycles. The molecule has 0 aliphatic heterocycles. The van der Waals surface area contributed by atoms with Crippen LogP contribution < -0.4 is 0 Å². The van der Waals surface area contributed by atoms with Gasteiger partial charge in [0.25, 0.3) is 0 Å². The van der Waals surface area contributed by atoms with Gasteiger partial charge in [0.05, 0.1) is 11.1 Å². The van der Waals surface area contributed by atoms with Gasteiger partial charge in [0.2, 0.25) is 0 Å². The SMILES string of the molecule is N=C1CCC(=N)c2c1c(O)c1ccccc1c2O. The first-order valence-electron chi connectivity index (χ1n) is 5.73. The third kappa shape index (κ3) is 1.26. The van der Waals surface area contributed by atoms with E-state index in [1.54, 1.807) is 24.3 Å². The average molecular weight is 240 g/mol. The number of fused-ring (bicyclic) bond motifs is 2. The van der Waals surface area contributed by atoms with Crippen molar-refractivity contribution in [3.05, 3.63) is 35.4 Å². The lowest BCUT2D eigenvalue weighted by molar-refractivity contribution is 0.466. The fourth-order valence-electron chi connectivity index (χ4n) is 2.49. The van der Waals surface area contributed by atoms with Crippen LogP contribution in [0.15, 0.2) is 24.3 Å². The summed E-state index contributed by atoms with van der Waals surface area (Å²) in [6.45, 7) is 0. The Morgan fingerprint density at radius 1 is 0.778 bits per heavy atom. The monoisotopic (exact) mass is 240 g/mol. The quantitative estimate of drug-likeness (QED) is 0.533. The molecule has 0 unspecified atom stereocenters. The molecule has 4 heteroatoms. The molecule has 0 aromatic heterocycles. The number of rotatable bonds is 0. The van der Waals surface area contributed by atoms with Gasteiger partial charge in [-0.1, -0.05) is 24.3 Å². The molecule has 4 nitrogen and oxygen atoms in total. The molecule has 1 aliphatic rings. The lowest BCUT2D eigenvalue weighted by Crippen LogP contribution is -2.17. The van der Waals surface area contributed by atoms with Crippen molar-refractivity contribution in [2.24, 2.45) is 0 Å². The molecule has 4 N–H and O–H groups in total. The Morgan fingerprint density at radius 3 is 1.56 bits per heavy atom. The Balaban J connectivity index is 2.54. The van der Waals surface area contributed by atoms with E-state index < -0.39 is 0 Å². The number of phenolic OH excluding ortho intramolecular Hbond substituents is 2. The Kier molecular flexibility index (Phi) is 2.13. The number of benzene rings is 2. The van der Waals surface area contributed by atoms with Crippen LogP contribution in [0.2, 0.25) is 0 Å². The summed E-state index contributed by atoms with van der Waals surface area (Å²) in [7, 11) is 0. The van der Waals surface area contributed by atoms with Crippen LogP contribution in [0.5, 0.6) is 11.5 Å². The van der Waals surface area contributed by atoms with Crippen LogP contribution in [0.3, 0.4) is 0 Å². The first-order chi connectivity index (χ1) is 8.61. The van der Waals surface area contributed by atoms with Crippen molar-refractivity contribution in [3.63, 3.8) is 0 Å². The number of nitrogens with one attached hydrogen (secondary N) is 2. The Hall–Kier alpha value is -2.36. The largest absolute Gasteiger partial charge is 0.507 e. The average Bonchev–Trinajstić information content (AvgIpc) is 2.38. The van der Waals surface area contributed by atoms with E-state index >= 15 is 0 Å². The van der Waals surface area contributed by atoms with E-state index in [2.05, 4.69) is 0 Å². The molecule has 3 rings (SSSR count). The zero-order chi connectivity index (χ0) is 12.9. The van der Waals surface area contributed by atoms with Crippen LogP contribution in [-0.2, 0) is 0 Å². The third-order valence-corrected chi connectivity index (χ3v) is 3.39. The Bertz CT molecular complexity index is 644. The zero-order valence-corrected chi connectivity index (χ0v) is 9.62. The van der Waals surface area contributed by atoms with E-state index in [1.165, 1.54) is 0 Å². The van der Waals surface area contributed by atoms with Gasteiger partial charge in [0.1, 0.15) is 11.5 Å². The maximum absolute atomic E-state index is 10.3. The molecule has 0 fully saturated rings. The summed E-state index contributed by atoms with van der Waals surface area (Å²) >= 11 is 0. The van der Waals surface area contributed by atoms with Crippen molar-refractivity contribution >= 4 is 22.2 Å². The molecule has 90 valence electrons. The summed E-state index contributed by atoms with van der Waals surface area (Å²) in [6, 6.07) is 6.95. The van der Waals surface area contributed by atoms with Gasteiger partial charge in [-0.3, -0.25) is 0 Å². The smallest absolute Gasteiger partial charge is 0.133 e. The summed E-state index contributed by atoms with van der Waals surface area (Å²) in [5.41, 5.74) is 1.17. The number of aromatic hydroxyl groups is 2. The number of phenols is 2. The molecule has 0 saturated heterocycles. The van der Waals surface area contributed by atoms with Gasteiger partial charge >= 0.3 is 0 Å². The zero-order valence-electron chi connectivity index (χ0n) is 9.62. The molecule has 0 spiro atoms. The fourth-order valence-corrected chi connectivity index (χ4v) is 2.49. The fraction of sp³-hybridized carbons (Fsp3) is 0.143. The van der Waals surface area contributed by atoms with Gasteiger partial charge < -0.3 is 21.0 Å². The predicted molar refractivity (Wildman–Crippen MR) is 70.2 cm³/mol. The molecule has 1 aliphatic carbocycles. The molecule has 0 radical (unpaired) electrons. The minimum Gasteiger partial charge on any atom is -0.507 e. The minimum absolute atomic E-state index is 0.00662. The first kappa shape index (κ1) is 10.8. The first-order valence-corrected chi connectivity index (χ1v) is 5.73. The molecule has 0 bridgehead atoms. The second-order valence-electron chi connectivity index (χ2n) is 4.45. The van der Waals surface area contributed by atoms with Gasteiger partial charge in [-0.05, 0) is 12.8 Å². The summed E-state index contributed by atoms with van der Waals surface area (Å²) in [6.07, 6.45) is 0.856. The van der Waals surface area contributed by atoms with Crippen LogP contribution >= 0.6 is 0 Å². The summed E-state index contributed by atoms with van der Waals surface area (Å²) < 4.78 is 0. The van der Waals surface area contributed by atoms with E-state index in [1.807, 2.05) is 0 Å². The van der Waals surface area contributed by atoms with Crippen molar-refractivity contribution in [1.29, 1.82) is 10.8 Å². The lowest BCUT2D eigenvalue weighted by atomic mass is 9.85. The molecule has 0 saturated carbocycles. The third-order valence-electron chi connectivity index (χ3n) is 3.39. The summed E-state index contributed by atoms with van der Waals surface area (Å²) in [5, 5.41) is 37.4. The number of hydrogen-bond acceptors (Lipinski definition) is 4. The standard InChI is InChI=1S/C14H12N2O2/c15-9-5-6-10(16)12-11(9)13(17)7-3-1-2-4-8(7)14(12)18/h1-4,15-18H,5-6H2. The molecule has 18 heavy (non-hydrogen) atoms. The Labute approximate surface area is 104 Å². The van der Waals surface area contributed by atoms with E-state index in [0.717, 1.165) is 0 Å². The minimum atomic E-state index is -0.00662. The molecule has 0 heterocycles. The normalized spacial score (nSPS) is 14.9. The van der Waals surface area contributed by atoms with Gasteiger partial charge in [-0.25, -0.2) is 0 Å². The van der Waals surface area contributed by atoms with Crippen molar-refractivity contribution < 1.29 is 10.2 Å². The molecule has 0 amide bonds. The van der Waals surface area contributed by atoms with E-state index in [-0.39, 0.29) is 22.9 Å². The van der Waals surface area contributed by atoms with Crippen molar-refractivity contribution in [3.8, 4) is 11.5 Å². The van der Waals surface area contributed by atoms with Crippen molar-refractivity contribution in [2.75, 3.05) is 0 Å². The molecule has 2 aromatic rings. The van der Waals surface area contributed by atoms with E-state index in [4.69, 9.17) is 10.8 Å². The number of hydrogen-bond donors (Lipinski definition) is 4. The van der Waals surface area contributed by atoms with Gasteiger partial charge in [-0.15, -0.1) is 0 Å². The van der Waals surface area contributed by atoms with Crippen LogP contribution in [0.25, 0.3) is 10.8 Å². The highest BCUT2D eigenvalue weighted by molar-refractivity contribution is 6.22. The van der Waals surface area contributed by atoms with Gasteiger partial charge in [0, 0.05) is 22.2 Å². The molecular formula is C14H12N2O2. The van der Waals surface area contributed by atoms with E-state index in [0.29, 0.717) is 34.7 Å². The van der Waals surface area contributed by atoms with Gasteiger partial charge in [0.15, 0.2) is 0 Å². The highest BCUT2D eigenvalue weighted by atomic mass is 16.3. The second kappa shape index (κ2) is 3.57. The molecule has 0 atom stereocenters. The van der Waals surface area contributed by atoms with Crippen LogP contribution in [0.4, 0.5) is 0 Å². The van der Waals surface area contributed by atoms with Crippen molar-refractivity contribution in [2.45, 2.75) is 12.8 Å². The maximum Gasteiger partial charge on any atom is 0.133 e. The van der Waals surface area contributed by atoms with Gasteiger partial charge in [-0.2, -0.15) is 0 Å². The second-order valence-corrected chi connectivity index (χ2v) is 4.45. The van der Waals surface area contributed by atoms with Crippen molar-refractivity contribution in [1.82, 2.24) is 0 Å².